The first-order valence-corrected chi connectivity index (χ1v) is 7.43. The van der Waals surface area contributed by atoms with E-state index in [1.165, 1.54) is 0 Å². The number of rotatable bonds is 0. The molecule has 20 heavy (non-hydrogen) atoms. The van der Waals surface area contributed by atoms with Crippen molar-refractivity contribution in [1.82, 2.24) is 9.80 Å². The van der Waals surface area contributed by atoms with Crippen LogP contribution in [0.2, 0.25) is 0 Å². The molecule has 1 amide bonds. The van der Waals surface area contributed by atoms with Gasteiger partial charge in [-0.05, 0) is 40.7 Å². The molecule has 0 radical (unpaired) electrons. The van der Waals surface area contributed by atoms with Crippen LogP contribution in [-0.2, 0) is 9.53 Å². The minimum Gasteiger partial charge on any atom is -0.444 e. The maximum absolute atomic E-state index is 12.2. The van der Waals surface area contributed by atoms with Crippen molar-refractivity contribution in [3.8, 4) is 0 Å². The molecule has 114 valence electrons. The van der Waals surface area contributed by atoms with Crippen LogP contribution in [0.1, 0.15) is 46.5 Å². The lowest BCUT2D eigenvalue weighted by Gasteiger charge is -2.51. The monoisotopic (exact) mass is 282 g/mol. The fourth-order valence-electron chi connectivity index (χ4n) is 3.08. The molecule has 5 nitrogen and oxygen atoms in total. The highest BCUT2D eigenvalue weighted by atomic mass is 16.6. The first-order chi connectivity index (χ1) is 9.22. The van der Waals surface area contributed by atoms with Gasteiger partial charge in [0.25, 0.3) is 0 Å². The quantitative estimate of drug-likeness (QED) is 0.682. The smallest absolute Gasteiger partial charge is 0.410 e. The van der Waals surface area contributed by atoms with Gasteiger partial charge in [0.2, 0.25) is 0 Å². The first kappa shape index (κ1) is 15.3. The SMILES string of the molecule is CN1CCN(C(=O)OC(C)(C)C)CC12CCC(=O)CC2. The van der Waals surface area contributed by atoms with E-state index in [2.05, 4.69) is 11.9 Å². The number of hydrogen-bond donors (Lipinski definition) is 0. The number of ether oxygens (including phenoxy) is 1. The van der Waals surface area contributed by atoms with E-state index in [-0.39, 0.29) is 11.6 Å². The molecule has 0 unspecified atom stereocenters. The zero-order valence-corrected chi connectivity index (χ0v) is 13.1. The molecule has 1 aliphatic heterocycles. The number of carbonyl (C=O) groups is 2. The number of carbonyl (C=O) groups excluding carboxylic acids is 2. The summed E-state index contributed by atoms with van der Waals surface area (Å²) in [4.78, 5) is 27.8. The van der Waals surface area contributed by atoms with Crippen molar-refractivity contribution in [3.05, 3.63) is 0 Å². The normalized spacial score (nSPS) is 24.0. The van der Waals surface area contributed by atoms with Crippen molar-refractivity contribution in [1.29, 1.82) is 0 Å². The average molecular weight is 282 g/mol. The molecule has 5 heteroatoms. The van der Waals surface area contributed by atoms with E-state index in [1.807, 2.05) is 20.8 Å². The number of nitrogens with zero attached hydrogens (tertiary/aromatic N) is 2. The predicted octanol–water partition coefficient (Wildman–Crippen LogP) is 2.05. The molecular weight excluding hydrogens is 256 g/mol. The van der Waals surface area contributed by atoms with E-state index in [0.29, 0.717) is 31.7 Å². The summed E-state index contributed by atoms with van der Waals surface area (Å²) < 4.78 is 5.47. The largest absolute Gasteiger partial charge is 0.444 e. The zero-order valence-electron chi connectivity index (χ0n) is 13.1. The summed E-state index contributed by atoms with van der Waals surface area (Å²) in [6.07, 6.45) is 2.73. The Morgan fingerprint density at radius 3 is 2.35 bits per heavy atom. The van der Waals surface area contributed by atoms with Crippen LogP contribution in [0, 0.1) is 0 Å². The molecule has 2 rings (SSSR count). The summed E-state index contributed by atoms with van der Waals surface area (Å²) in [5, 5.41) is 0. The molecule has 1 saturated heterocycles. The number of amides is 1. The van der Waals surface area contributed by atoms with E-state index in [1.54, 1.807) is 4.90 Å². The van der Waals surface area contributed by atoms with Gasteiger partial charge in [0, 0.05) is 38.0 Å². The minimum atomic E-state index is -0.462. The molecule has 0 aromatic heterocycles. The van der Waals surface area contributed by atoms with E-state index in [4.69, 9.17) is 4.74 Å². The van der Waals surface area contributed by atoms with Crippen LogP contribution in [0.15, 0.2) is 0 Å². The number of ketones is 1. The van der Waals surface area contributed by atoms with Crippen molar-refractivity contribution in [3.63, 3.8) is 0 Å². The summed E-state index contributed by atoms with van der Waals surface area (Å²) in [7, 11) is 2.10. The molecule has 2 fully saturated rings. The Morgan fingerprint density at radius 2 is 1.80 bits per heavy atom. The van der Waals surface area contributed by atoms with Crippen LogP contribution in [0.5, 0.6) is 0 Å². The van der Waals surface area contributed by atoms with Crippen molar-refractivity contribution >= 4 is 11.9 Å². The van der Waals surface area contributed by atoms with Crippen LogP contribution in [0.3, 0.4) is 0 Å². The van der Waals surface area contributed by atoms with Gasteiger partial charge in [0.05, 0.1) is 0 Å². The second-order valence-corrected chi connectivity index (χ2v) is 7.09. The lowest BCUT2D eigenvalue weighted by atomic mass is 9.78. The minimum absolute atomic E-state index is 0.0386. The van der Waals surface area contributed by atoms with Gasteiger partial charge in [-0.1, -0.05) is 0 Å². The number of Topliss-reactive ketones (excluding diaryl/α,β-unsaturated/α-hetero) is 1. The van der Waals surface area contributed by atoms with Gasteiger partial charge in [-0.25, -0.2) is 4.79 Å². The Kier molecular flexibility index (Phi) is 4.09. The van der Waals surface area contributed by atoms with Crippen LogP contribution >= 0.6 is 0 Å². The molecular formula is C15H26N2O3. The Hall–Kier alpha value is -1.10. The van der Waals surface area contributed by atoms with Crippen LogP contribution in [-0.4, -0.2) is 59.5 Å². The molecule has 1 saturated carbocycles. The highest BCUT2D eigenvalue weighted by molar-refractivity contribution is 5.79. The zero-order chi connectivity index (χ0) is 15.0. The molecule has 0 atom stereocenters. The summed E-state index contributed by atoms with van der Waals surface area (Å²) in [6, 6.07) is 0. The van der Waals surface area contributed by atoms with Crippen molar-refractivity contribution in [2.24, 2.45) is 0 Å². The Morgan fingerprint density at radius 1 is 1.20 bits per heavy atom. The maximum Gasteiger partial charge on any atom is 0.410 e. The fourth-order valence-corrected chi connectivity index (χ4v) is 3.08. The summed E-state index contributed by atoms with van der Waals surface area (Å²) in [5.41, 5.74) is -0.501. The third-order valence-corrected chi connectivity index (χ3v) is 4.39. The summed E-state index contributed by atoms with van der Waals surface area (Å²) >= 11 is 0. The molecule has 1 heterocycles. The molecule has 2 aliphatic rings. The maximum atomic E-state index is 12.2. The van der Waals surface area contributed by atoms with E-state index in [0.717, 1.165) is 19.4 Å². The summed E-state index contributed by atoms with van der Waals surface area (Å²) in [5.74, 6) is 0.346. The van der Waals surface area contributed by atoms with Crippen molar-refractivity contribution in [2.45, 2.75) is 57.6 Å². The first-order valence-electron chi connectivity index (χ1n) is 7.43. The molecule has 1 aliphatic carbocycles. The van der Waals surface area contributed by atoms with E-state index >= 15 is 0 Å². The molecule has 0 bridgehead atoms. The average Bonchev–Trinajstić information content (AvgIpc) is 2.34. The van der Waals surface area contributed by atoms with Gasteiger partial charge in [0.1, 0.15) is 11.4 Å². The molecule has 0 aromatic carbocycles. The number of piperazine rings is 1. The van der Waals surface area contributed by atoms with E-state index < -0.39 is 5.60 Å². The lowest BCUT2D eigenvalue weighted by molar-refractivity contribution is -0.124. The highest BCUT2D eigenvalue weighted by Crippen LogP contribution is 2.34. The predicted molar refractivity (Wildman–Crippen MR) is 76.6 cm³/mol. The van der Waals surface area contributed by atoms with Crippen molar-refractivity contribution < 1.29 is 14.3 Å². The standard InChI is InChI=1S/C15H26N2O3/c1-14(2,3)20-13(19)17-10-9-16(4)15(11-17)7-5-12(18)6-8-15/h5-11H2,1-4H3. The molecule has 0 N–H and O–H groups in total. The van der Waals surface area contributed by atoms with Gasteiger partial charge >= 0.3 is 6.09 Å². The van der Waals surface area contributed by atoms with Crippen LogP contribution in [0.25, 0.3) is 0 Å². The van der Waals surface area contributed by atoms with Gasteiger partial charge < -0.3 is 9.64 Å². The van der Waals surface area contributed by atoms with Gasteiger partial charge in [-0.15, -0.1) is 0 Å². The fraction of sp³-hybridized carbons (Fsp3) is 0.867. The third kappa shape index (κ3) is 3.32. The highest BCUT2D eigenvalue weighted by Gasteiger charge is 2.44. The lowest BCUT2D eigenvalue weighted by Crippen LogP contribution is -2.63. The van der Waals surface area contributed by atoms with Crippen LogP contribution < -0.4 is 0 Å². The van der Waals surface area contributed by atoms with Gasteiger partial charge in [0.15, 0.2) is 0 Å². The topological polar surface area (TPSA) is 49.9 Å². The van der Waals surface area contributed by atoms with E-state index in [9.17, 15) is 9.59 Å². The second kappa shape index (κ2) is 5.35. The second-order valence-electron chi connectivity index (χ2n) is 7.09. The van der Waals surface area contributed by atoms with Crippen molar-refractivity contribution in [2.75, 3.05) is 26.7 Å². The molecule has 1 spiro atoms. The van der Waals surface area contributed by atoms with Crippen LogP contribution in [0.4, 0.5) is 4.79 Å². The molecule has 0 aromatic rings. The Labute approximate surface area is 121 Å². The number of hydrogen-bond acceptors (Lipinski definition) is 4. The number of likely N-dealkylation sites (N-methyl/N-ethyl adjacent to an activating group) is 1. The third-order valence-electron chi connectivity index (χ3n) is 4.39. The van der Waals surface area contributed by atoms with Gasteiger partial charge in [-0.3, -0.25) is 9.69 Å². The Balaban J connectivity index is 2.04. The summed E-state index contributed by atoms with van der Waals surface area (Å²) in [6.45, 7) is 7.86. The Bertz CT molecular complexity index is 390. The van der Waals surface area contributed by atoms with Gasteiger partial charge in [-0.2, -0.15) is 0 Å².